The molecular formula is C16H25ClN2. The van der Waals surface area contributed by atoms with E-state index in [2.05, 4.69) is 35.3 Å². The zero-order chi connectivity index (χ0) is 13.7. The number of nitrogens with one attached hydrogen (secondary N) is 1. The molecule has 2 rings (SSSR count). The third-order valence-electron chi connectivity index (χ3n) is 4.23. The summed E-state index contributed by atoms with van der Waals surface area (Å²) in [5.74, 6) is 0. The van der Waals surface area contributed by atoms with Gasteiger partial charge in [0.05, 0.1) is 0 Å². The van der Waals surface area contributed by atoms with E-state index in [4.69, 9.17) is 11.6 Å². The van der Waals surface area contributed by atoms with Crippen molar-refractivity contribution in [1.29, 1.82) is 0 Å². The summed E-state index contributed by atoms with van der Waals surface area (Å²) in [7, 11) is 2.04. The Kier molecular flexibility index (Phi) is 5.68. The van der Waals surface area contributed by atoms with E-state index in [0.29, 0.717) is 12.1 Å². The van der Waals surface area contributed by atoms with Gasteiger partial charge >= 0.3 is 0 Å². The first-order valence-corrected chi connectivity index (χ1v) is 7.76. The average Bonchev–Trinajstić information content (AvgIpc) is 2.44. The van der Waals surface area contributed by atoms with Crippen molar-refractivity contribution in [3.05, 3.63) is 34.9 Å². The first-order chi connectivity index (χ1) is 9.22. The minimum absolute atomic E-state index is 0.459. The summed E-state index contributed by atoms with van der Waals surface area (Å²) < 4.78 is 0. The van der Waals surface area contributed by atoms with Crippen LogP contribution in [0.2, 0.25) is 5.02 Å². The minimum atomic E-state index is 0.459. The lowest BCUT2D eigenvalue weighted by Gasteiger charge is -2.40. The van der Waals surface area contributed by atoms with Crippen LogP contribution in [-0.4, -0.2) is 31.1 Å². The van der Waals surface area contributed by atoms with Gasteiger partial charge < -0.3 is 5.32 Å². The molecule has 1 saturated heterocycles. The van der Waals surface area contributed by atoms with Crippen molar-refractivity contribution in [2.45, 2.75) is 44.7 Å². The molecule has 19 heavy (non-hydrogen) atoms. The highest BCUT2D eigenvalue weighted by atomic mass is 35.5. The van der Waals surface area contributed by atoms with Crippen molar-refractivity contribution in [2.24, 2.45) is 0 Å². The number of piperidine rings is 1. The van der Waals surface area contributed by atoms with Gasteiger partial charge in [-0.2, -0.15) is 0 Å². The molecule has 3 heteroatoms. The Morgan fingerprint density at radius 3 is 3.00 bits per heavy atom. The van der Waals surface area contributed by atoms with E-state index in [-0.39, 0.29) is 0 Å². The maximum absolute atomic E-state index is 6.12. The number of hydrogen-bond donors (Lipinski definition) is 1. The van der Waals surface area contributed by atoms with Gasteiger partial charge in [0.15, 0.2) is 0 Å². The third-order valence-corrected chi connectivity index (χ3v) is 4.46. The van der Waals surface area contributed by atoms with Crippen molar-refractivity contribution in [3.63, 3.8) is 0 Å². The largest absolute Gasteiger partial charge is 0.320 e. The van der Waals surface area contributed by atoms with Gasteiger partial charge in [0.2, 0.25) is 0 Å². The lowest BCUT2D eigenvalue weighted by molar-refractivity contribution is 0.0972. The monoisotopic (exact) mass is 280 g/mol. The Morgan fingerprint density at radius 1 is 1.42 bits per heavy atom. The van der Waals surface area contributed by atoms with Crippen molar-refractivity contribution in [1.82, 2.24) is 10.2 Å². The Balaban J connectivity index is 2.08. The number of likely N-dealkylation sites (tertiary alicyclic amines) is 1. The van der Waals surface area contributed by atoms with Crippen LogP contribution >= 0.6 is 11.6 Å². The van der Waals surface area contributed by atoms with Crippen LogP contribution in [0.25, 0.3) is 0 Å². The van der Waals surface area contributed by atoms with E-state index < -0.39 is 0 Å². The van der Waals surface area contributed by atoms with Crippen LogP contribution in [-0.2, 0) is 0 Å². The SMILES string of the molecule is CNCCC1CCCCN1C(C)c1cccc(Cl)c1. The molecule has 2 unspecified atom stereocenters. The maximum atomic E-state index is 6.12. The molecule has 1 heterocycles. The smallest absolute Gasteiger partial charge is 0.0409 e. The van der Waals surface area contributed by atoms with Gasteiger partial charge in [-0.1, -0.05) is 30.2 Å². The number of hydrogen-bond acceptors (Lipinski definition) is 2. The molecule has 0 amide bonds. The number of nitrogens with zero attached hydrogens (tertiary/aromatic N) is 1. The second-order valence-corrected chi connectivity index (χ2v) is 5.95. The van der Waals surface area contributed by atoms with Gasteiger partial charge in [-0.05, 0) is 64.0 Å². The summed E-state index contributed by atoms with van der Waals surface area (Å²) in [5, 5.41) is 4.12. The highest BCUT2D eigenvalue weighted by molar-refractivity contribution is 6.30. The van der Waals surface area contributed by atoms with Crippen molar-refractivity contribution >= 4 is 11.6 Å². The predicted octanol–water partition coefficient (Wildman–Crippen LogP) is 3.87. The van der Waals surface area contributed by atoms with Crippen LogP contribution in [0.1, 0.15) is 44.2 Å². The molecule has 2 atom stereocenters. The van der Waals surface area contributed by atoms with E-state index in [1.807, 2.05) is 13.1 Å². The van der Waals surface area contributed by atoms with Crippen LogP contribution < -0.4 is 5.32 Å². The molecule has 2 nitrogen and oxygen atoms in total. The standard InChI is InChI=1S/C16H25ClN2/c1-13(14-6-5-7-15(17)12-14)19-11-4-3-8-16(19)9-10-18-2/h5-7,12-13,16,18H,3-4,8-11H2,1-2H3. The second-order valence-electron chi connectivity index (χ2n) is 5.51. The zero-order valence-electron chi connectivity index (χ0n) is 12.0. The normalized spacial score (nSPS) is 22.4. The average molecular weight is 281 g/mol. The molecule has 106 valence electrons. The summed E-state index contributed by atoms with van der Waals surface area (Å²) in [4.78, 5) is 2.66. The van der Waals surface area contributed by atoms with E-state index in [0.717, 1.165) is 11.6 Å². The first kappa shape index (κ1) is 14.8. The van der Waals surface area contributed by atoms with E-state index >= 15 is 0 Å². The topological polar surface area (TPSA) is 15.3 Å². The third kappa shape index (κ3) is 3.95. The molecule has 1 fully saturated rings. The highest BCUT2D eigenvalue weighted by Crippen LogP contribution is 2.30. The summed E-state index contributed by atoms with van der Waals surface area (Å²) >= 11 is 6.12. The fourth-order valence-corrected chi connectivity index (χ4v) is 3.31. The fourth-order valence-electron chi connectivity index (χ4n) is 3.11. The van der Waals surface area contributed by atoms with Crippen LogP contribution in [0.5, 0.6) is 0 Å². The van der Waals surface area contributed by atoms with Crippen LogP contribution in [0.15, 0.2) is 24.3 Å². The van der Waals surface area contributed by atoms with Crippen LogP contribution in [0, 0.1) is 0 Å². The van der Waals surface area contributed by atoms with E-state index in [1.54, 1.807) is 0 Å². The molecular weight excluding hydrogens is 256 g/mol. The molecule has 1 aliphatic heterocycles. The maximum Gasteiger partial charge on any atom is 0.0409 e. The Labute approximate surface area is 122 Å². The quantitative estimate of drug-likeness (QED) is 0.881. The molecule has 1 aromatic rings. The highest BCUT2D eigenvalue weighted by Gasteiger charge is 2.26. The molecule has 0 saturated carbocycles. The molecule has 0 spiro atoms. The van der Waals surface area contributed by atoms with Crippen LogP contribution in [0.4, 0.5) is 0 Å². The number of halogens is 1. The molecule has 0 aromatic heterocycles. The van der Waals surface area contributed by atoms with Crippen molar-refractivity contribution in [3.8, 4) is 0 Å². The first-order valence-electron chi connectivity index (χ1n) is 7.38. The number of benzene rings is 1. The minimum Gasteiger partial charge on any atom is -0.320 e. The molecule has 1 aromatic carbocycles. The molecule has 0 bridgehead atoms. The lowest BCUT2D eigenvalue weighted by atomic mass is 9.95. The second kappa shape index (κ2) is 7.28. The summed E-state index contributed by atoms with van der Waals surface area (Å²) in [6.07, 6.45) is 5.25. The van der Waals surface area contributed by atoms with E-state index in [1.165, 1.54) is 37.8 Å². The fraction of sp³-hybridized carbons (Fsp3) is 0.625. The zero-order valence-corrected chi connectivity index (χ0v) is 12.8. The number of rotatable bonds is 5. The summed E-state index contributed by atoms with van der Waals surface area (Å²) in [5.41, 5.74) is 1.34. The molecule has 0 radical (unpaired) electrons. The van der Waals surface area contributed by atoms with Crippen LogP contribution in [0.3, 0.4) is 0 Å². The van der Waals surface area contributed by atoms with Gasteiger partial charge in [-0.3, -0.25) is 4.90 Å². The lowest BCUT2D eigenvalue weighted by Crippen LogP contribution is -2.42. The summed E-state index contributed by atoms with van der Waals surface area (Å²) in [6.45, 7) is 4.62. The van der Waals surface area contributed by atoms with Gasteiger partial charge in [0.25, 0.3) is 0 Å². The Hall–Kier alpha value is -0.570. The van der Waals surface area contributed by atoms with Gasteiger partial charge in [0.1, 0.15) is 0 Å². The van der Waals surface area contributed by atoms with Crippen molar-refractivity contribution in [2.75, 3.05) is 20.1 Å². The molecule has 1 aliphatic rings. The molecule has 1 N–H and O–H groups in total. The van der Waals surface area contributed by atoms with Crippen molar-refractivity contribution < 1.29 is 0 Å². The van der Waals surface area contributed by atoms with Gasteiger partial charge in [-0.15, -0.1) is 0 Å². The molecule has 0 aliphatic carbocycles. The predicted molar refractivity (Wildman–Crippen MR) is 82.8 cm³/mol. The summed E-state index contributed by atoms with van der Waals surface area (Å²) in [6, 6.07) is 9.47. The van der Waals surface area contributed by atoms with E-state index in [9.17, 15) is 0 Å². The van der Waals surface area contributed by atoms with Gasteiger partial charge in [-0.25, -0.2) is 0 Å². The van der Waals surface area contributed by atoms with Gasteiger partial charge in [0, 0.05) is 17.1 Å². The Bertz CT molecular complexity index is 394. The Morgan fingerprint density at radius 2 is 2.26 bits per heavy atom.